The van der Waals surface area contributed by atoms with Gasteiger partial charge in [0.1, 0.15) is 5.03 Å². The van der Waals surface area contributed by atoms with Crippen molar-refractivity contribution in [3.63, 3.8) is 0 Å². The Bertz CT molecular complexity index is 1000. The standard InChI is InChI=1S/C18H15N5S/c1-12-9-13(2)11-15(10-12)23-18(20-21-22-23)24-17-8-7-14-5-3-4-6-16(14)19-17/h3-11H,1-2H3. The van der Waals surface area contributed by atoms with Crippen molar-refractivity contribution < 1.29 is 0 Å². The normalized spacial score (nSPS) is 11.1. The number of aryl methyl sites for hydroxylation is 2. The summed E-state index contributed by atoms with van der Waals surface area (Å²) in [5, 5.41) is 14.8. The van der Waals surface area contributed by atoms with Gasteiger partial charge in [-0.1, -0.05) is 30.3 Å². The molecule has 0 aliphatic carbocycles. The molecule has 2 aromatic carbocycles. The highest BCUT2D eigenvalue weighted by Crippen LogP contribution is 2.27. The second kappa shape index (κ2) is 6.05. The van der Waals surface area contributed by atoms with Crippen molar-refractivity contribution in [2.75, 3.05) is 0 Å². The summed E-state index contributed by atoms with van der Waals surface area (Å²) in [4.78, 5) is 4.67. The van der Waals surface area contributed by atoms with E-state index in [1.807, 2.05) is 24.3 Å². The Kier molecular flexibility index (Phi) is 3.74. The maximum atomic E-state index is 4.67. The minimum absolute atomic E-state index is 0.697. The van der Waals surface area contributed by atoms with Gasteiger partial charge in [-0.25, -0.2) is 4.98 Å². The average molecular weight is 333 g/mol. The zero-order chi connectivity index (χ0) is 16.5. The van der Waals surface area contributed by atoms with Crippen LogP contribution in [-0.4, -0.2) is 25.2 Å². The monoisotopic (exact) mass is 333 g/mol. The van der Waals surface area contributed by atoms with Gasteiger partial charge in [-0.2, -0.15) is 4.68 Å². The summed E-state index contributed by atoms with van der Waals surface area (Å²) in [7, 11) is 0. The van der Waals surface area contributed by atoms with E-state index in [0.29, 0.717) is 5.16 Å². The molecule has 0 unspecified atom stereocenters. The first kappa shape index (κ1) is 14.8. The molecule has 0 amide bonds. The lowest BCUT2D eigenvalue weighted by atomic mass is 10.1. The van der Waals surface area contributed by atoms with Crippen LogP contribution in [0.1, 0.15) is 11.1 Å². The Labute approximate surface area is 143 Å². The summed E-state index contributed by atoms with van der Waals surface area (Å²) in [6, 6.07) is 18.4. The Morgan fingerprint density at radius 1 is 0.917 bits per heavy atom. The van der Waals surface area contributed by atoms with Crippen LogP contribution in [0.2, 0.25) is 0 Å². The van der Waals surface area contributed by atoms with Crippen molar-refractivity contribution in [1.82, 2.24) is 25.2 Å². The number of pyridine rings is 1. The Hall–Kier alpha value is -2.73. The van der Waals surface area contributed by atoms with Crippen LogP contribution in [0, 0.1) is 13.8 Å². The SMILES string of the molecule is Cc1cc(C)cc(-n2nnnc2Sc2ccc3ccccc3n2)c1. The molecule has 0 saturated heterocycles. The largest absolute Gasteiger partial charge is 0.241 e. The summed E-state index contributed by atoms with van der Waals surface area (Å²) in [5.74, 6) is 0. The molecule has 0 aliphatic heterocycles. The fraction of sp³-hybridized carbons (Fsp3) is 0.111. The summed E-state index contributed by atoms with van der Waals surface area (Å²) in [6.45, 7) is 4.14. The minimum Gasteiger partial charge on any atom is -0.241 e. The van der Waals surface area contributed by atoms with E-state index in [1.165, 1.54) is 22.9 Å². The van der Waals surface area contributed by atoms with Gasteiger partial charge in [-0.15, -0.1) is 5.10 Å². The van der Waals surface area contributed by atoms with Gasteiger partial charge in [0.2, 0.25) is 5.16 Å². The molecule has 4 rings (SSSR count). The smallest absolute Gasteiger partial charge is 0.220 e. The molecule has 0 N–H and O–H groups in total. The van der Waals surface area contributed by atoms with E-state index in [-0.39, 0.29) is 0 Å². The predicted molar refractivity (Wildman–Crippen MR) is 94.5 cm³/mol. The molecule has 0 fully saturated rings. The maximum absolute atomic E-state index is 4.67. The molecule has 4 aromatic rings. The molecule has 2 aromatic heterocycles. The van der Waals surface area contributed by atoms with E-state index in [0.717, 1.165) is 21.6 Å². The van der Waals surface area contributed by atoms with Crippen LogP contribution in [0.3, 0.4) is 0 Å². The molecule has 0 spiro atoms. The van der Waals surface area contributed by atoms with Gasteiger partial charge in [0.05, 0.1) is 11.2 Å². The van der Waals surface area contributed by atoms with Gasteiger partial charge in [0, 0.05) is 5.39 Å². The molecule has 5 nitrogen and oxygen atoms in total. The Morgan fingerprint density at radius 2 is 1.71 bits per heavy atom. The molecular formula is C18H15N5S. The lowest BCUT2D eigenvalue weighted by Crippen LogP contribution is -2.00. The van der Waals surface area contributed by atoms with Crippen LogP contribution in [0.5, 0.6) is 0 Å². The summed E-state index contributed by atoms with van der Waals surface area (Å²) in [6.07, 6.45) is 0. The van der Waals surface area contributed by atoms with E-state index < -0.39 is 0 Å². The molecule has 6 heteroatoms. The quantitative estimate of drug-likeness (QED) is 0.567. The van der Waals surface area contributed by atoms with Crippen LogP contribution >= 0.6 is 11.8 Å². The highest BCUT2D eigenvalue weighted by Gasteiger charge is 2.12. The first-order valence-electron chi connectivity index (χ1n) is 7.60. The predicted octanol–water partition coefficient (Wildman–Crippen LogP) is 3.98. The second-order valence-corrected chi connectivity index (χ2v) is 6.65. The van der Waals surface area contributed by atoms with Gasteiger partial charge in [-0.05, 0) is 71.4 Å². The van der Waals surface area contributed by atoms with Gasteiger partial charge >= 0.3 is 0 Å². The van der Waals surface area contributed by atoms with Gasteiger partial charge in [0.15, 0.2) is 0 Å². The number of nitrogens with zero attached hydrogens (tertiary/aromatic N) is 5. The highest BCUT2D eigenvalue weighted by atomic mass is 32.2. The molecule has 0 radical (unpaired) electrons. The number of aromatic nitrogens is 5. The summed E-state index contributed by atoms with van der Waals surface area (Å²) < 4.78 is 1.75. The number of hydrogen-bond acceptors (Lipinski definition) is 5. The molecule has 2 heterocycles. The molecule has 118 valence electrons. The van der Waals surface area contributed by atoms with Crippen molar-refractivity contribution >= 4 is 22.7 Å². The topological polar surface area (TPSA) is 56.5 Å². The zero-order valence-electron chi connectivity index (χ0n) is 13.3. The molecular weight excluding hydrogens is 318 g/mol. The number of fused-ring (bicyclic) bond motifs is 1. The first-order valence-corrected chi connectivity index (χ1v) is 8.41. The fourth-order valence-electron chi connectivity index (χ4n) is 2.68. The number of rotatable bonds is 3. The minimum atomic E-state index is 0.697. The van der Waals surface area contributed by atoms with Crippen molar-refractivity contribution in [2.24, 2.45) is 0 Å². The van der Waals surface area contributed by atoms with E-state index in [2.05, 4.69) is 64.7 Å². The van der Waals surface area contributed by atoms with E-state index >= 15 is 0 Å². The first-order chi connectivity index (χ1) is 11.7. The van der Waals surface area contributed by atoms with Gasteiger partial charge < -0.3 is 0 Å². The van der Waals surface area contributed by atoms with Crippen molar-refractivity contribution in [1.29, 1.82) is 0 Å². The van der Waals surface area contributed by atoms with Crippen molar-refractivity contribution in [3.8, 4) is 5.69 Å². The average Bonchev–Trinajstić information content (AvgIpc) is 3.02. The van der Waals surface area contributed by atoms with E-state index in [1.54, 1.807) is 4.68 Å². The maximum Gasteiger partial charge on any atom is 0.220 e. The highest BCUT2D eigenvalue weighted by molar-refractivity contribution is 7.99. The lowest BCUT2D eigenvalue weighted by Gasteiger charge is -2.07. The van der Waals surface area contributed by atoms with Gasteiger partial charge in [0.25, 0.3) is 0 Å². The molecule has 0 aliphatic rings. The van der Waals surface area contributed by atoms with E-state index in [9.17, 15) is 0 Å². The van der Waals surface area contributed by atoms with Crippen LogP contribution < -0.4 is 0 Å². The Balaban J connectivity index is 1.71. The number of benzene rings is 2. The number of tetrazole rings is 1. The number of para-hydroxylation sites is 1. The third-order valence-corrected chi connectivity index (χ3v) is 4.53. The fourth-order valence-corrected chi connectivity index (χ4v) is 3.45. The molecule has 0 bridgehead atoms. The third-order valence-electron chi connectivity index (χ3n) is 3.66. The zero-order valence-corrected chi connectivity index (χ0v) is 14.2. The lowest BCUT2D eigenvalue weighted by molar-refractivity contribution is 0.754. The number of hydrogen-bond donors (Lipinski definition) is 0. The van der Waals surface area contributed by atoms with E-state index in [4.69, 9.17) is 0 Å². The molecule has 0 atom stereocenters. The van der Waals surface area contributed by atoms with Crippen molar-refractivity contribution in [3.05, 3.63) is 65.7 Å². The van der Waals surface area contributed by atoms with Crippen LogP contribution in [-0.2, 0) is 0 Å². The van der Waals surface area contributed by atoms with Crippen LogP contribution in [0.4, 0.5) is 0 Å². The molecule has 24 heavy (non-hydrogen) atoms. The Morgan fingerprint density at radius 3 is 2.54 bits per heavy atom. The van der Waals surface area contributed by atoms with Crippen molar-refractivity contribution in [2.45, 2.75) is 24.0 Å². The van der Waals surface area contributed by atoms with Gasteiger partial charge in [-0.3, -0.25) is 0 Å². The summed E-state index contributed by atoms with van der Waals surface area (Å²) >= 11 is 1.46. The van der Waals surface area contributed by atoms with Crippen LogP contribution in [0.25, 0.3) is 16.6 Å². The summed E-state index contributed by atoms with van der Waals surface area (Å²) in [5.41, 5.74) is 4.29. The molecule has 0 saturated carbocycles. The second-order valence-electron chi connectivity index (χ2n) is 5.66. The van der Waals surface area contributed by atoms with Crippen LogP contribution in [0.15, 0.2) is 64.8 Å². The third kappa shape index (κ3) is 2.88.